The number of aryl methyl sites for hydroxylation is 1. The van der Waals surface area contributed by atoms with Crippen LogP contribution in [0.25, 0.3) is 0 Å². The van der Waals surface area contributed by atoms with Crippen molar-refractivity contribution in [2.24, 2.45) is 0 Å². The van der Waals surface area contributed by atoms with Gasteiger partial charge in [0.1, 0.15) is 0 Å². The van der Waals surface area contributed by atoms with Gasteiger partial charge in [-0.1, -0.05) is 54.1 Å². The monoisotopic (exact) mass is 302 g/mol. The van der Waals surface area contributed by atoms with Crippen LogP contribution in [0, 0.1) is 6.92 Å². The van der Waals surface area contributed by atoms with Gasteiger partial charge in [-0.25, -0.2) is 4.57 Å². The third kappa shape index (κ3) is 4.13. The Morgan fingerprint density at radius 3 is 2.30 bits per heavy atom. The maximum absolute atomic E-state index is 12.2. The van der Waals surface area contributed by atoms with Crippen LogP contribution in [0.4, 0.5) is 0 Å². The third-order valence-corrected chi connectivity index (χ3v) is 3.87. The maximum Gasteiger partial charge on any atom is 0.173 e. The Kier molecular flexibility index (Phi) is 4.62. The molecule has 2 heteroatoms. The van der Waals surface area contributed by atoms with E-state index in [1.807, 2.05) is 54.9 Å². The van der Waals surface area contributed by atoms with Gasteiger partial charge in [0, 0.05) is 29.7 Å². The number of ketones is 1. The lowest BCUT2D eigenvalue weighted by atomic mass is 10.0. The molecular formula is C21H20NO+. The highest BCUT2D eigenvalue weighted by atomic mass is 16.1. The molecule has 114 valence electrons. The fourth-order valence-electron chi connectivity index (χ4n) is 2.64. The molecule has 0 amide bonds. The highest BCUT2D eigenvalue weighted by molar-refractivity contribution is 5.97. The normalized spacial score (nSPS) is 10.5. The van der Waals surface area contributed by atoms with Gasteiger partial charge in [0.25, 0.3) is 0 Å². The van der Waals surface area contributed by atoms with Crippen LogP contribution >= 0.6 is 0 Å². The van der Waals surface area contributed by atoms with E-state index in [0.717, 1.165) is 17.7 Å². The van der Waals surface area contributed by atoms with Crippen molar-refractivity contribution in [3.05, 3.63) is 101 Å². The lowest BCUT2D eigenvalue weighted by molar-refractivity contribution is -0.688. The van der Waals surface area contributed by atoms with E-state index in [4.69, 9.17) is 0 Å². The molecule has 0 unspecified atom stereocenters. The van der Waals surface area contributed by atoms with Crippen molar-refractivity contribution in [2.45, 2.75) is 19.9 Å². The summed E-state index contributed by atoms with van der Waals surface area (Å²) in [6.07, 6.45) is 4.52. The molecule has 0 fully saturated rings. The van der Waals surface area contributed by atoms with Gasteiger partial charge >= 0.3 is 0 Å². The average molecular weight is 302 g/mol. The van der Waals surface area contributed by atoms with Gasteiger partial charge < -0.3 is 0 Å². The van der Waals surface area contributed by atoms with Crippen LogP contribution in [0.1, 0.15) is 27.0 Å². The zero-order valence-electron chi connectivity index (χ0n) is 13.3. The van der Waals surface area contributed by atoms with Gasteiger partial charge in [-0.15, -0.1) is 0 Å². The van der Waals surface area contributed by atoms with E-state index in [9.17, 15) is 4.79 Å². The van der Waals surface area contributed by atoms with Crippen molar-refractivity contribution >= 4 is 5.78 Å². The van der Waals surface area contributed by atoms with Crippen LogP contribution in [0.2, 0.25) is 0 Å². The molecule has 0 spiro atoms. The largest absolute Gasteiger partial charge is 0.294 e. The molecule has 0 bridgehead atoms. The lowest BCUT2D eigenvalue weighted by Gasteiger charge is -2.02. The standard InChI is InChI=1S/C21H20NO/c1-17-6-5-7-19(14-17)16-22-12-10-18(11-13-22)15-21(23)20-8-3-2-4-9-20/h2-14H,15-16H2,1H3/q+1. The van der Waals surface area contributed by atoms with Crippen molar-refractivity contribution in [3.63, 3.8) is 0 Å². The number of benzene rings is 2. The summed E-state index contributed by atoms with van der Waals surface area (Å²) >= 11 is 0. The first-order valence-electron chi connectivity index (χ1n) is 7.82. The molecular weight excluding hydrogens is 282 g/mol. The number of Topliss-reactive ketones (excluding diaryl/α,β-unsaturated/α-hetero) is 1. The van der Waals surface area contributed by atoms with E-state index >= 15 is 0 Å². The molecule has 1 heterocycles. The second-order valence-electron chi connectivity index (χ2n) is 5.83. The van der Waals surface area contributed by atoms with E-state index < -0.39 is 0 Å². The van der Waals surface area contributed by atoms with Crippen molar-refractivity contribution in [1.29, 1.82) is 0 Å². The summed E-state index contributed by atoms with van der Waals surface area (Å²) in [4.78, 5) is 12.2. The SMILES string of the molecule is Cc1cccc(C[n+]2ccc(CC(=O)c3ccccc3)cc2)c1. The molecule has 0 aliphatic heterocycles. The highest BCUT2D eigenvalue weighted by Gasteiger charge is 2.08. The van der Waals surface area contributed by atoms with Crippen LogP contribution in [-0.4, -0.2) is 5.78 Å². The molecule has 2 nitrogen and oxygen atoms in total. The predicted octanol–water partition coefficient (Wildman–Crippen LogP) is 3.76. The molecule has 0 saturated carbocycles. The fraction of sp³-hybridized carbons (Fsp3) is 0.143. The average Bonchev–Trinajstić information content (AvgIpc) is 2.57. The number of rotatable bonds is 5. The van der Waals surface area contributed by atoms with Gasteiger partial charge in [0.2, 0.25) is 0 Å². The minimum atomic E-state index is 0.155. The Bertz CT molecular complexity index is 792. The number of carbonyl (C=O) groups is 1. The third-order valence-electron chi connectivity index (χ3n) is 3.87. The summed E-state index contributed by atoms with van der Waals surface area (Å²) in [5.41, 5.74) is 4.36. The zero-order chi connectivity index (χ0) is 16.1. The molecule has 0 radical (unpaired) electrons. The summed E-state index contributed by atoms with van der Waals surface area (Å²) in [7, 11) is 0. The van der Waals surface area contributed by atoms with Crippen molar-refractivity contribution < 1.29 is 9.36 Å². The lowest BCUT2D eigenvalue weighted by Crippen LogP contribution is -2.33. The number of aromatic nitrogens is 1. The minimum Gasteiger partial charge on any atom is -0.294 e. The molecule has 0 aliphatic rings. The summed E-state index contributed by atoms with van der Waals surface area (Å²) < 4.78 is 2.13. The number of hydrogen-bond acceptors (Lipinski definition) is 1. The first kappa shape index (κ1) is 15.2. The van der Waals surface area contributed by atoms with Crippen LogP contribution in [0.5, 0.6) is 0 Å². The Morgan fingerprint density at radius 1 is 0.870 bits per heavy atom. The van der Waals surface area contributed by atoms with Crippen LogP contribution in [0.15, 0.2) is 79.1 Å². The van der Waals surface area contributed by atoms with E-state index in [-0.39, 0.29) is 5.78 Å². The van der Waals surface area contributed by atoms with Crippen molar-refractivity contribution in [2.75, 3.05) is 0 Å². The predicted molar refractivity (Wildman–Crippen MR) is 91.4 cm³/mol. The number of nitrogens with zero attached hydrogens (tertiary/aromatic N) is 1. The van der Waals surface area contributed by atoms with Crippen molar-refractivity contribution in [3.8, 4) is 0 Å². The summed E-state index contributed by atoms with van der Waals surface area (Å²) in [5.74, 6) is 0.155. The highest BCUT2D eigenvalue weighted by Crippen LogP contribution is 2.07. The number of hydrogen-bond donors (Lipinski definition) is 0. The first-order chi connectivity index (χ1) is 11.2. The van der Waals surface area contributed by atoms with E-state index in [0.29, 0.717) is 6.42 Å². The molecule has 0 saturated heterocycles. The smallest absolute Gasteiger partial charge is 0.173 e. The Hall–Kier alpha value is -2.74. The number of pyridine rings is 1. The van der Waals surface area contributed by atoms with Gasteiger partial charge in [-0.3, -0.25) is 4.79 Å². The van der Waals surface area contributed by atoms with Crippen molar-refractivity contribution in [1.82, 2.24) is 0 Å². The fourth-order valence-corrected chi connectivity index (χ4v) is 2.64. The maximum atomic E-state index is 12.2. The van der Waals surface area contributed by atoms with Crippen LogP contribution in [-0.2, 0) is 13.0 Å². The van der Waals surface area contributed by atoms with Crippen LogP contribution in [0.3, 0.4) is 0 Å². The molecule has 3 rings (SSSR count). The molecule has 2 aromatic carbocycles. The molecule has 23 heavy (non-hydrogen) atoms. The quantitative estimate of drug-likeness (QED) is 0.519. The van der Waals surface area contributed by atoms with E-state index in [1.54, 1.807) is 0 Å². The minimum absolute atomic E-state index is 0.155. The summed E-state index contributed by atoms with van der Waals surface area (Å²) in [6.45, 7) is 2.95. The zero-order valence-corrected chi connectivity index (χ0v) is 13.3. The van der Waals surface area contributed by atoms with Gasteiger partial charge in [-0.05, 0) is 18.6 Å². The van der Waals surface area contributed by atoms with Gasteiger partial charge in [0.15, 0.2) is 24.7 Å². The summed E-state index contributed by atoms with van der Waals surface area (Å²) in [5, 5.41) is 0. The van der Waals surface area contributed by atoms with E-state index in [2.05, 4.69) is 35.8 Å². The first-order valence-corrected chi connectivity index (χ1v) is 7.82. The second kappa shape index (κ2) is 7.01. The molecule has 0 aliphatic carbocycles. The second-order valence-corrected chi connectivity index (χ2v) is 5.83. The number of carbonyl (C=O) groups excluding carboxylic acids is 1. The Morgan fingerprint density at radius 2 is 1.61 bits per heavy atom. The molecule has 1 aromatic heterocycles. The molecule has 0 atom stereocenters. The molecule has 3 aromatic rings. The summed E-state index contributed by atoms with van der Waals surface area (Å²) in [6, 6.07) is 22.0. The van der Waals surface area contributed by atoms with Crippen LogP contribution < -0.4 is 4.57 Å². The van der Waals surface area contributed by atoms with Gasteiger partial charge in [0.05, 0.1) is 0 Å². The topological polar surface area (TPSA) is 20.9 Å². The van der Waals surface area contributed by atoms with Gasteiger partial charge in [-0.2, -0.15) is 0 Å². The Balaban J connectivity index is 1.66. The Labute approximate surface area is 137 Å². The van der Waals surface area contributed by atoms with E-state index in [1.165, 1.54) is 11.1 Å². The molecule has 0 N–H and O–H groups in total.